The number of rotatable bonds is 9. The van der Waals surface area contributed by atoms with E-state index in [1.165, 1.54) is 23.1 Å². The van der Waals surface area contributed by atoms with Gasteiger partial charge in [0.25, 0.3) is 0 Å². The molecule has 5 heteroatoms. The number of hydrogen-bond acceptors (Lipinski definition) is 3. The predicted molar refractivity (Wildman–Crippen MR) is 171 cm³/mol. The molecule has 1 saturated heterocycles. The van der Waals surface area contributed by atoms with Crippen LogP contribution in [0.5, 0.6) is 0 Å². The van der Waals surface area contributed by atoms with Crippen molar-refractivity contribution in [2.45, 2.75) is 70.6 Å². The van der Waals surface area contributed by atoms with Gasteiger partial charge in [-0.15, -0.1) is 0 Å². The van der Waals surface area contributed by atoms with Crippen LogP contribution in [0.4, 0.5) is 0 Å². The van der Waals surface area contributed by atoms with Crippen molar-refractivity contribution in [3.63, 3.8) is 0 Å². The summed E-state index contributed by atoms with van der Waals surface area (Å²) in [6.45, 7) is 6.65. The summed E-state index contributed by atoms with van der Waals surface area (Å²) in [5, 5.41) is 0.792. The molecule has 1 unspecified atom stereocenters. The standard InChI is InChI=1S/C36H42ClN3O/c1-28-11-13-30(14-12-28)26-33(41)40-24-21-36(22-25-40,31-9-4-3-5-10-31)34-38-23-20-35(2,27-39-34)19-7-6-8-29-15-17-32(37)18-16-29/h3-5,9-18,23H,6-8,19-22,24-27H2,1-2H3. The highest BCUT2D eigenvalue weighted by atomic mass is 35.5. The molecule has 0 saturated carbocycles. The monoisotopic (exact) mass is 567 g/mol. The number of carbonyl (C=O) groups excluding carboxylic acids is 1. The second-order valence-electron chi connectivity index (χ2n) is 12.3. The van der Waals surface area contributed by atoms with Gasteiger partial charge in [0.15, 0.2) is 0 Å². The van der Waals surface area contributed by atoms with Crippen LogP contribution in [-0.2, 0) is 23.1 Å². The number of aryl methyl sites for hydroxylation is 2. The van der Waals surface area contributed by atoms with E-state index in [4.69, 9.17) is 21.6 Å². The minimum Gasteiger partial charge on any atom is -0.342 e. The molecule has 1 amide bonds. The van der Waals surface area contributed by atoms with Gasteiger partial charge in [0.1, 0.15) is 5.84 Å². The van der Waals surface area contributed by atoms with Gasteiger partial charge < -0.3 is 4.90 Å². The quantitative estimate of drug-likeness (QED) is 0.241. The lowest BCUT2D eigenvalue weighted by Gasteiger charge is -2.42. The Morgan fingerprint density at radius 2 is 1.59 bits per heavy atom. The molecule has 4 nitrogen and oxygen atoms in total. The SMILES string of the molecule is Cc1ccc(CC(=O)N2CCC(C3=NCC(C)(CCCCc4ccc(Cl)cc4)CC=N3)(c3ccccc3)CC2)cc1. The fourth-order valence-electron chi connectivity index (χ4n) is 6.24. The molecule has 3 aromatic rings. The van der Waals surface area contributed by atoms with Crippen molar-refractivity contribution in [2.24, 2.45) is 15.4 Å². The summed E-state index contributed by atoms with van der Waals surface area (Å²) in [6, 6.07) is 27.2. The molecule has 1 fully saturated rings. The lowest BCUT2D eigenvalue weighted by Crippen LogP contribution is -2.49. The van der Waals surface area contributed by atoms with E-state index < -0.39 is 0 Å². The zero-order valence-electron chi connectivity index (χ0n) is 24.5. The van der Waals surface area contributed by atoms with Gasteiger partial charge in [-0.2, -0.15) is 0 Å². The van der Waals surface area contributed by atoms with Crippen molar-refractivity contribution >= 4 is 29.6 Å². The molecule has 2 heterocycles. The summed E-state index contributed by atoms with van der Waals surface area (Å²) in [7, 11) is 0. The number of amidine groups is 1. The first kappa shape index (κ1) is 29.3. The van der Waals surface area contributed by atoms with Crippen LogP contribution in [0.3, 0.4) is 0 Å². The largest absolute Gasteiger partial charge is 0.342 e. The maximum atomic E-state index is 13.2. The van der Waals surface area contributed by atoms with Crippen molar-refractivity contribution in [3.8, 4) is 0 Å². The van der Waals surface area contributed by atoms with Crippen LogP contribution >= 0.6 is 11.6 Å². The number of halogens is 1. The maximum absolute atomic E-state index is 13.2. The molecular formula is C36H42ClN3O. The highest BCUT2D eigenvalue weighted by Crippen LogP contribution is 2.40. The molecule has 0 aliphatic carbocycles. The molecular weight excluding hydrogens is 526 g/mol. The minimum absolute atomic E-state index is 0.105. The van der Waals surface area contributed by atoms with Crippen molar-refractivity contribution < 1.29 is 4.79 Å². The van der Waals surface area contributed by atoms with Gasteiger partial charge in [0.05, 0.1) is 11.8 Å². The molecule has 3 aromatic carbocycles. The van der Waals surface area contributed by atoms with E-state index >= 15 is 0 Å². The van der Waals surface area contributed by atoms with Gasteiger partial charge in [-0.25, -0.2) is 4.99 Å². The summed E-state index contributed by atoms with van der Waals surface area (Å²) in [4.78, 5) is 25.5. The normalized spacial score (nSPS) is 20.4. The average molecular weight is 568 g/mol. The van der Waals surface area contributed by atoms with Crippen molar-refractivity contribution in [2.75, 3.05) is 19.6 Å². The van der Waals surface area contributed by atoms with E-state index in [1.807, 2.05) is 17.0 Å². The van der Waals surface area contributed by atoms with E-state index in [-0.39, 0.29) is 16.7 Å². The summed E-state index contributed by atoms with van der Waals surface area (Å²) in [6.07, 6.45) is 9.71. The second kappa shape index (κ2) is 13.2. The Hall–Kier alpha value is -3.24. The average Bonchev–Trinajstić information content (AvgIpc) is 3.20. The first-order valence-corrected chi connectivity index (χ1v) is 15.4. The highest BCUT2D eigenvalue weighted by molar-refractivity contribution is 6.30. The number of nitrogens with zero attached hydrogens (tertiary/aromatic N) is 3. The molecule has 2 aliphatic rings. The van der Waals surface area contributed by atoms with Crippen molar-refractivity contribution in [1.29, 1.82) is 0 Å². The Balaban J connectivity index is 1.25. The van der Waals surface area contributed by atoms with Crippen molar-refractivity contribution in [1.82, 2.24) is 4.90 Å². The number of amides is 1. The van der Waals surface area contributed by atoms with Crippen LogP contribution in [0.15, 0.2) is 88.8 Å². The second-order valence-corrected chi connectivity index (χ2v) is 12.7. The Bertz CT molecular complexity index is 1360. The third kappa shape index (κ3) is 7.35. The lowest BCUT2D eigenvalue weighted by molar-refractivity contribution is -0.131. The number of benzene rings is 3. The maximum Gasteiger partial charge on any atom is 0.226 e. The third-order valence-electron chi connectivity index (χ3n) is 9.02. The fourth-order valence-corrected chi connectivity index (χ4v) is 6.37. The lowest BCUT2D eigenvalue weighted by atomic mass is 9.71. The number of likely N-dealkylation sites (tertiary alicyclic amines) is 1. The summed E-state index contributed by atoms with van der Waals surface area (Å²) < 4.78 is 0. The van der Waals surface area contributed by atoms with Gasteiger partial charge in [-0.05, 0) is 79.7 Å². The van der Waals surface area contributed by atoms with E-state index in [0.717, 1.165) is 74.6 Å². The molecule has 0 N–H and O–H groups in total. The number of carbonyl (C=O) groups is 1. The highest BCUT2D eigenvalue weighted by Gasteiger charge is 2.42. The Labute approximate surface area is 250 Å². The topological polar surface area (TPSA) is 45.0 Å². The van der Waals surface area contributed by atoms with Crippen LogP contribution in [0.2, 0.25) is 5.02 Å². The molecule has 5 rings (SSSR count). The molecule has 0 spiro atoms. The zero-order valence-corrected chi connectivity index (χ0v) is 25.2. The zero-order chi connectivity index (χ0) is 28.7. The molecule has 214 valence electrons. The van der Waals surface area contributed by atoms with E-state index in [2.05, 4.69) is 86.8 Å². The minimum atomic E-state index is -0.266. The van der Waals surface area contributed by atoms with Gasteiger partial charge in [0, 0.05) is 30.9 Å². The molecule has 0 radical (unpaired) electrons. The third-order valence-corrected chi connectivity index (χ3v) is 9.27. The van der Waals surface area contributed by atoms with Crippen molar-refractivity contribution in [3.05, 3.63) is 106 Å². The molecule has 1 atom stereocenters. The number of aliphatic imine (C=N–C) groups is 2. The van der Waals surface area contributed by atoms with Crippen LogP contribution in [-0.4, -0.2) is 42.5 Å². The Kier molecular flexibility index (Phi) is 9.39. The smallest absolute Gasteiger partial charge is 0.226 e. The molecule has 0 bridgehead atoms. The van der Waals surface area contributed by atoms with Crippen LogP contribution < -0.4 is 0 Å². The van der Waals surface area contributed by atoms with Crippen LogP contribution in [0, 0.1) is 12.3 Å². The molecule has 0 aromatic heterocycles. The molecule has 2 aliphatic heterocycles. The molecule has 41 heavy (non-hydrogen) atoms. The van der Waals surface area contributed by atoms with Gasteiger partial charge >= 0.3 is 0 Å². The summed E-state index contributed by atoms with van der Waals surface area (Å²) in [5.74, 6) is 1.15. The van der Waals surface area contributed by atoms with Crippen LogP contribution in [0.25, 0.3) is 0 Å². The number of piperidine rings is 1. The number of unbranched alkanes of at least 4 members (excludes halogenated alkanes) is 1. The summed E-state index contributed by atoms with van der Waals surface area (Å²) in [5.41, 5.74) is 4.73. The Morgan fingerprint density at radius 1 is 0.902 bits per heavy atom. The van der Waals surface area contributed by atoms with Crippen LogP contribution in [0.1, 0.15) is 67.7 Å². The van der Waals surface area contributed by atoms with E-state index in [9.17, 15) is 4.79 Å². The Morgan fingerprint density at radius 3 is 2.29 bits per heavy atom. The van der Waals surface area contributed by atoms with E-state index in [0.29, 0.717) is 6.42 Å². The van der Waals surface area contributed by atoms with Gasteiger partial charge in [0.2, 0.25) is 5.91 Å². The summed E-state index contributed by atoms with van der Waals surface area (Å²) >= 11 is 6.04. The first-order chi connectivity index (χ1) is 19.9. The predicted octanol–water partition coefficient (Wildman–Crippen LogP) is 8.04. The van der Waals surface area contributed by atoms with E-state index in [1.54, 1.807) is 0 Å². The van der Waals surface area contributed by atoms with Gasteiger partial charge in [-0.3, -0.25) is 9.79 Å². The first-order valence-electron chi connectivity index (χ1n) is 15.1. The fraction of sp³-hybridized carbons (Fsp3) is 0.417. The number of hydrogen-bond donors (Lipinski definition) is 0. The van der Waals surface area contributed by atoms with Gasteiger partial charge in [-0.1, -0.05) is 97.2 Å².